The van der Waals surface area contributed by atoms with Crippen molar-refractivity contribution in [2.75, 3.05) is 26.2 Å². The zero-order chi connectivity index (χ0) is 26.4. The van der Waals surface area contributed by atoms with Crippen LogP contribution in [0.2, 0.25) is 0 Å². The highest BCUT2D eigenvalue weighted by molar-refractivity contribution is 5.99. The highest BCUT2D eigenvalue weighted by atomic mass is 16.5. The van der Waals surface area contributed by atoms with Crippen molar-refractivity contribution in [3.8, 4) is 11.8 Å². The predicted octanol–water partition coefficient (Wildman–Crippen LogP) is 2.71. The number of urea groups is 1. The second kappa shape index (κ2) is 11.0. The van der Waals surface area contributed by atoms with E-state index in [9.17, 15) is 19.6 Å². The third-order valence-electron chi connectivity index (χ3n) is 5.43. The number of hydrogen-bond acceptors (Lipinski definition) is 9. The number of esters is 2. The van der Waals surface area contributed by atoms with Gasteiger partial charge in [-0.1, -0.05) is 18.2 Å². The summed E-state index contributed by atoms with van der Waals surface area (Å²) in [5.74, 6) is -2.46. The van der Waals surface area contributed by atoms with Crippen LogP contribution in [-0.4, -0.2) is 39.3 Å². The number of carbonyl (C=O) groups is 3. The first-order chi connectivity index (χ1) is 17.2. The van der Waals surface area contributed by atoms with E-state index in [0.717, 1.165) is 7.11 Å². The molecule has 0 aliphatic carbocycles. The summed E-state index contributed by atoms with van der Waals surface area (Å²) in [7, 11) is 3.83. The average molecular weight is 492 g/mol. The van der Waals surface area contributed by atoms with Crippen LogP contribution in [0.1, 0.15) is 17.9 Å². The number of amides is 2. The largest absolute Gasteiger partial charge is 0.497 e. The Morgan fingerprint density at radius 3 is 2.31 bits per heavy atom. The fourth-order valence-corrected chi connectivity index (χ4v) is 3.82. The summed E-state index contributed by atoms with van der Waals surface area (Å²) >= 11 is 0. The Labute approximate surface area is 207 Å². The van der Waals surface area contributed by atoms with Gasteiger partial charge in [-0.05, 0) is 29.8 Å². The Kier molecular flexibility index (Phi) is 7.81. The molecule has 0 fully saturated rings. The van der Waals surface area contributed by atoms with Gasteiger partial charge in [0.25, 0.3) is 0 Å². The number of methoxy groups -OCH3 is 3. The molecule has 1 heterocycles. The lowest BCUT2D eigenvalue weighted by Gasteiger charge is -2.28. The Morgan fingerprint density at radius 1 is 1.06 bits per heavy atom. The van der Waals surface area contributed by atoms with Crippen molar-refractivity contribution < 1.29 is 33.3 Å². The summed E-state index contributed by atoms with van der Waals surface area (Å²) in [5.41, 5.74) is 12.7. The van der Waals surface area contributed by atoms with E-state index in [1.165, 1.54) is 19.1 Å². The molecule has 186 valence electrons. The smallest absolute Gasteiger partial charge is 0.338 e. The van der Waals surface area contributed by atoms with Gasteiger partial charge in [0, 0.05) is 6.07 Å². The minimum atomic E-state index is -1.06. The maximum Gasteiger partial charge on any atom is 0.338 e. The molecule has 2 aromatic rings. The first-order valence-electron chi connectivity index (χ1n) is 10.5. The predicted molar refractivity (Wildman–Crippen MR) is 127 cm³/mol. The molecule has 1 aliphatic heterocycles. The fraction of sp³-hybridized carbons (Fsp3) is 0.200. The summed E-state index contributed by atoms with van der Waals surface area (Å²) in [4.78, 5) is 38.5. The normalized spacial score (nSPS) is 14.9. The zero-order valence-electron chi connectivity index (χ0n) is 19.8. The second-order valence-corrected chi connectivity index (χ2v) is 7.48. The first-order valence-corrected chi connectivity index (χ1v) is 10.5. The summed E-state index contributed by atoms with van der Waals surface area (Å²) in [6.07, 6.45) is -0.423. The van der Waals surface area contributed by atoms with E-state index in [0.29, 0.717) is 22.7 Å². The molecule has 0 spiro atoms. The number of benzene rings is 2. The van der Waals surface area contributed by atoms with Gasteiger partial charge in [-0.3, -0.25) is 9.69 Å². The number of allylic oxidation sites excluding steroid dienone is 1. The monoisotopic (exact) mass is 492 g/mol. The van der Waals surface area contributed by atoms with E-state index in [-0.39, 0.29) is 22.8 Å². The molecule has 0 saturated carbocycles. The molecule has 1 atom stereocenters. The van der Waals surface area contributed by atoms with Gasteiger partial charge in [0.15, 0.2) is 0 Å². The summed E-state index contributed by atoms with van der Waals surface area (Å²) in [6.45, 7) is 0. The van der Waals surface area contributed by atoms with Gasteiger partial charge in [0.1, 0.15) is 29.6 Å². The van der Waals surface area contributed by atoms with Crippen LogP contribution in [0.25, 0.3) is 0 Å². The van der Waals surface area contributed by atoms with Gasteiger partial charge in [0.05, 0.1) is 44.2 Å². The van der Waals surface area contributed by atoms with Crippen LogP contribution in [0.15, 0.2) is 71.3 Å². The van der Waals surface area contributed by atoms with E-state index in [4.69, 9.17) is 30.4 Å². The number of ether oxygens (including phenoxy) is 4. The summed E-state index contributed by atoms with van der Waals surface area (Å²) in [5, 5.41) is 9.85. The van der Waals surface area contributed by atoms with Crippen LogP contribution in [0, 0.1) is 11.3 Å². The number of carbonyl (C=O) groups excluding carboxylic acids is 3. The zero-order valence-corrected chi connectivity index (χ0v) is 19.8. The highest BCUT2D eigenvalue weighted by Gasteiger charge is 2.38. The van der Waals surface area contributed by atoms with Gasteiger partial charge in [-0.25, -0.2) is 9.59 Å². The van der Waals surface area contributed by atoms with Crippen molar-refractivity contribution in [1.29, 1.82) is 5.26 Å². The third-order valence-corrected chi connectivity index (χ3v) is 5.43. The maximum absolute atomic E-state index is 12.8. The number of anilines is 2. The number of primary amides is 1. The van der Waals surface area contributed by atoms with E-state index in [1.54, 1.807) is 48.5 Å². The maximum atomic E-state index is 12.8. The molecule has 2 aromatic carbocycles. The van der Waals surface area contributed by atoms with Crippen molar-refractivity contribution in [3.05, 3.63) is 76.9 Å². The van der Waals surface area contributed by atoms with Crippen LogP contribution < -0.4 is 21.1 Å². The number of nitrogens with two attached hydrogens (primary N) is 2. The van der Waals surface area contributed by atoms with Crippen molar-refractivity contribution in [3.63, 3.8) is 0 Å². The molecule has 4 N–H and O–H groups in total. The van der Waals surface area contributed by atoms with E-state index >= 15 is 0 Å². The quantitative estimate of drug-likeness (QED) is 0.552. The van der Waals surface area contributed by atoms with Crippen molar-refractivity contribution >= 4 is 29.3 Å². The number of rotatable bonds is 7. The molecule has 2 amide bonds. The van der Waals surface area contributed by atoms with E-state index < -0.39 is 30.3 Å². The van der Waals surface area contributed by atoms with Crippen molar-refractivity contribution in [2.45, 2.75) is 12.3 Å². The first kappa shape index (κ1) is 25.6. The molecule has 0 radical (unpaired) electrons. The minimum Gasteiger partial charge on any atom is -0.497 e. The van der Waals surface area contributed by atoms with Gasteiger partial charge in [-0.2, -0.15) is 5.26 Å². The van der Waals surface area contributed by atoms with Gasteiger partial charge in [-0.15, -0.1) is 0 Å². The molecule has 0 bridgehead atoms. The molecule has 1 aliphatic rings. The van der Waals surface area contributed by atoms with E-state index in [1.807, 2.05) is 6.07 Å². The lowest BCUT2D eigenvalue weighted by Crippen LogP contribution is -2.31. The van der Waals surface area contributed by atoms with Crippen LogP contribution in [0.5, 0.6) is 5.75 Å². The van der Waals surface area contributed by atoms with Crippen LogP contribution in [0.3, 0.4) is 0 Å². The number of hydrogen-bond donors (Lipinski definition) is 2. The topological polar surface area (TPSA) is 167 Å². The molecule has 11 nitrogen and oxygen atoms in total. The molecule has 0 saturated heterocycles. The Hall–Kier alpha value is -4.98. The lowest BCUT2D eigenvalue weighted by atomic mass is 9.82. The van der Waals surface area contributed by atoms with Gasteiger partial charge in [0.2, 0.25) is 5.88 Å². The highest BCUT2D eigenvalue weighted by Crippen LogP contribution is 2.42. The molecule has 3 rings (SSSR count). The van der Waals surface area contributed by atoms with E-state index in [2.05, 4.69) is 0 Å². The van der Waals surface area contributed by atoms with Crippen LogP contribution >= 0.6 is 0 Å². The fourth-order valence-electron chi connectivity index (χ4n) is 3.82. The molecule has 1 unspecified atom stereocenters. The lowest BCUT2D eigenvalue weighted by molar-refractivity contribution is -0.140. The average Bonchev–Trinajstić information content (AvgIpc) is 2.88. The van der Waals surface area contributed by atoms with Crippen molar-refractivity contribution in [2.24, 2.45) is 11.5 Å². The second-order valence-electron chi connectivity index (χ2n) is 7.48. The Morgan fingerprint density at radius 2 is 1.72 bits per heavy atom. The minimum absolute atomic E-state index is 0.0758. The van der Waals surface area contributed by atoms with Crippen LogP contribution in [0.4, 0.5) is 16.2 Å². The molecular weight excluding hydrogens is 468 g/mol. The summed E-state index contributed by atoms with van der Waals surface area (Å²) in [6, 6.07) is 14.3. The summed E-state index contributed by atoms with van der Waals surface area (Å²) < 4.78 is 20.3. The molecule has 36 heavy (non-hydrogen) atoms. The standard InChI is InChI=1S/C25H24N4O7/c1-33-17-9-5-8-16(11-17)29(25(28)32)15-7-4-6-14(10-15)21-18(13-26)23(27)36-19(12-20(30)34-2)22(21)24(31)35-3/h4-11,21H,12,27H2,1-3H3,(H2,28,32). The number of nitriles is 1. The Bertz CT molecular complexity index is 1310. The molecular formula is C25H24N4O7. The molecule has 0 aromatic heterocycles. The molecule has 11 heteroatoms. The van der Waals surface area contributed by atoms with Crippen LogP contribution in [-0.2, 0) is 23.8 Å². The van der Waals surface area contributed by atoms with Gasteiger partial charge >= 0.3 is 18.0 Å². The Balaban J connectivity index is 2.21. The van der Waals surface area contributed by atoms with Gasteiger partial charge < -0.3 is 30.4 Å². The number of nitrogens with zero attached hydrogens (tertiary/aromatic N) is 2. The third kappa shape index (κ3) is 5.07. The SMILES string of the molecule is COC(=O)CC1=C(C(=O)OC)C(c2cccc(N(C(N)=O)c3cccc(OC)c3)c2)C(C#N)=C(N)O1. The van der Waals surface area contributed by atoms with Crippen molar-refractivity contribution in [1.82, 2.24) is 0 Å².